The predicted octanol–water partition coefficient (Wildman–Crippen LogP) is 5.97. The van der Waals surface area contributed by atoms with E-state index in [0.717, 1.165) is 16.7 Å². The Hall–Kier alpha value is -2.92. The fourth-order valence-corrected chi connectivity index (χ4v) is 5.51. The first-order chi connectivity index (χ1) is 15.3. The number of carbonyl (C=O) groups excluding carboxylic acids is 1. The molecule has 0 radical (unpaired) electrons. The molecule has 4 nitrogen and oxygen atoms in total. The van der Waals surface area contributed by atoms with Crippen molar-refractivity contribution in [3.8, 4) is 0 Å². The Morgan fingerprint density at radius 2 is 1.18 bits per heavy atom. The van der Waals surface area contributed by atoms with E-state index >= 15 is 0 Å². The molecule has 0 bridgehead atoms. The van der Waals surface area contributed by atoms with Crippen molar-refractivity contribution in [1.82, 2.24) is 0 Å². The molecule has 5 heteroatoms. The van der Waals surface area contributed by atoms with E-state index in [4.69, 9.17) is 0 Å². The van der Waals surface area contributed by atoms with Crippen LogP contribution in [0.15, 0.2) is 77.7 Å². The minimum absolute atomic E-state index is 0.0768. The van der Waals surface area contributed by atoms with Gasteiger partial charge < -0.3 is 5.32 Å². The molecule has 3 aromatic carbocycles. The lowest BCUT2D eigenvalue weighted by atomic mass is 9.83. The van der Waals surface area contributed by atoms with Crippen molar-refractivity contribution in [2.75, 3.05) is 11.1 Å². The molecule has 0 saturated carbocycles. The quantitative estimate of drug-likeness (QED) is 0.490. The molecule has 0 heterocycles. The normalized spacial score (nSPS) is 13.9. The van der Waals surface area contributed by atoms with Gasteiger partial charge in [-0.15, -0.1) is 0 Å². The molecule has 0 spiro atoms. The summed E-state index contributed by atoms with van der Waals surface area (Å²) in [5, 5.41) is 2.92. The van der Waals surface area contributed by atoms with Gasteiger partial charge in [0.05, 0.1) is 16.1 Å². The fraction of sp³-hybridized carbons (Fsp3) is 0.321. The van der Waals surface area contributed by atoms with Crippen molar-refractivity contribution in [2.45, 2.75) is 57.3 Å². The molecule has 174 valence electrons. The number of carbonyl (C=O) groups is 1. The molecule has 3 rings (SSSR count). The number of nitrogens with one attached hydrogen (secondary N) is 1. The summed E-state index contributed by atoms with van der Waals surface area (Å²) in [7, 11) is -3.74. The Labute approximate surface area is 198 Å². The zero-order valence-electron chi connectivity index (χ0n) is 20.3. The Morgan fingerprint density at radius 1 is 0.727 bits per heavy atom. The van der Waals surface area contributed by atoms with Crippen molar-refractivity contribution in [2.24, 2.45) is 0 Å². The highest BCUT2D eigenvalue weighted by atomic mass is 32.2. The van der Waals surface area contributed by atoms with Gasteiger partial charge in [0.2, 0.25) is 5.91 Å². The van der Waals surface area contributed by atoms with E-state index in [-0.39, 0.29) is 22.0 Å². The van der Waals surface area contributed by atoms with Crippen LogP contribution in [0.1, 0.15) is 49.9 Å². The highest BCUT2D eigenvalue weighted by Crippen LogP contribution is 2.31. The van der Waals surface area contributed by atoms with Gasteiger partial charge >= 0.3 is 0 Å². The first kappa shape index (κ1) is 24.7. The van der Waals surface area contributed by atoms with E-state index in [0.29, 0.717) is 11.3 Å². The van der Waals surface area contributed by atoms with Crippen LogP contribution in [0.4, 0.5) is 5.69 Å². The maximum absolute atomic E-state index is 13.5. The van der Waals surface area contributed by atoms with Crippen LogP contribution in [0.3, 0.4) is 0 Å². The molecule has 0 fully saturated rings. The smallest absolute Gasteiger partial charge is 0.235 e. The number of anilines is 1. The maximum Gasteiger partial charge on any atom is 0.235 e. The van der Waals surface area contributed by atoms with Crippen molar-refractivity contribution in [1.29, 1.82) is 0 Å². The SMILES string of the molecule is Cc1ccc(NC(=O)C(C)(CS(=O)(=O)c2ccc(C(C)(C)C)cc2)c2ccc(C)cc2)cc1. The Kier molecular flexibility index (Phi) is 6.85. The van der Waals surface area contributed by atoms with E-state index in [1.165, 1.54) is 0 Å². The fourth-order valence-electron chi connectivity index (χ4n) is 3.73. The Morgan fingerprint density at radius 3 is 1.67 bits per heavy atom. The molecular weight excluding hydrogens is 430 g/mol. The second-order valence-corrected chi connectivity index (χ2v) is 12.0. The number of sulfone groups is 1. The standard InChI is InChI=1S/C28H33NO3S/c1-20-7-11-23(12-8-20)28(6,26(30)29-24-15-9-21(2)10-16-24)19-33(31,32)25-17-13-22(14-18-25)27(3,4)5/h7-18H,19H2,1-6H3,(H,29,30). The molecular formula is C28H33NO3S. The molecule has 0 saturated heterocycles. The highest BCUT2D eigenvalue weighted by molar-refractivity contribution is 7.91. The summed E-state index contributed by atoms with van der Waals surface area (Å²) >= 11 is 0. The predicted molar refractivity (Wildman–Crippen MR) is 136 cm³/mol. The molecule has 0 aliphatic rings. The number of hydrogen-bond acceptors (Lipinski definition) is 3. The van der Waals surface area contributed by atoms with Gasteiger partial charge in [0.25, 0.3) is 0 Å². The lowest BCUT2D eigenvalue weighted by molar-refractivity contribution is -0.120. The maximum atomic E-state index is 13.5. The lowest BCUT2D eigenvalue weighted by Crippen LogP contribution is -2.43. The molecule has 0 aromatic heterocycles. The monoisotopic (exact) mass is 463 g/mol. The third-order valence-corrected chi connectivity index (χ3v) is 8.01. The van der Waals surface area contributed by atoms with Crippen LogP contribution < -0.4 is 5.32 Å². The Bertz CT molecular complexity index is 1220. The second kappa shape index (κ2) is 9.14. The third-order valence-electron chi connectivity index (χ3n) is 6.06. The average molecular weight is 464 g/mol. The summed E-state index contributed by atoms with van der Waals surface area (Å²) in [6.45, 7) is 11.9. The summed E-state index contributed by atoms with van der Waals surface area (Å²) in [6, 6.07) is 21.9. The average Bonchev–Trinajstić information content (AvgIpc) is 2.75. The first-order valence-electron chi connectivity index (χ1n) is 11.1. The molecule has 1 amide bonds. The third kappa shape index (κ3) is 5.72. The van der Waals surface area contributed by atoms with E-state index in [2.05, 4.69) is 26.1 Å². The molecule has 33 heavy (non-hydrogen) atoms. The van der Waals surface area contributed by atoms with Crippen LogP contribution in [0, 0.1) is 13.8 Å². The van der Waals surface area contributed by atoms with E-state index in [9.17, 15) is 13.2 Å². The van der Waals surface area contributed by atoms with Crippen LogP contribution in [-0.4, -0.2) is 20.1 Å². The zero-order chi connectivity index (χ0) is 24.4. The lowest BCUT2D eigenvalue weighted by Gasteiger charge is -2.29. The van der Waals surface area contributed by atoms with Crippen molar-refractivity contribution < 1.29 is 13.2 Å². The van der Waals surface area contributed by atoms with Crippen molar-refractivity contribution in [3.63, 3.8) is 0 Å². The van der Waals surface area contributed by atoms with Crippen molar-refractivity contribution >= 4 is 21.4 Å². The van der Waals surface area contributed by atoms with Crippen LogP contribution in [-0.2, 0) is 25.5 Å². The van der Waals surface area contributed by atoms with E-state index < -0.39 is 15.3 Å². The van der Waals surface area contributed by atoms with Crippen LogP contribution >= 0.6 is 0 Å². The van der Waals surface area contributed by atoms with Gasteiger partial charge in [-0.1, -0.05) is 80.4 Å². The van der Waals surface area contributed by atoms with Crippen LogP contribution in [0.2, 0.25) is 0 Å². The molecule has 1 atom stereocenters. The summed E-state index contributed by atoms with van der Waals surface area (Å²) in [6.07, 6.45) is 0. The molecule has 3 aromatic rings. The van der Waals surface area contributed by atoms with E-state index in [1.54, 1.807) is 19.1 Å². The van der Waals surface area contributed by atoms with Gasteiger partial charge in [0, 0.05) is 5.69 Å². The zero-order valence-corrected chi connectivity index (χ0v) is 21.1. The topological polar surface area (TPSA) is 63.2 Å². The number of hydrogen-bond donors (Lipinski definition) is 1. The van der Waals surface area contributed by atoms with Crippen molar-refractivity contribution in [3.05, 3.63) is 95.1 Å². The Balaban J connectivity index is 1.99. The minimum atomic E-state index is -3.74. The summed E-state index contributed by atoms with van der Waals surface area (Å²) in [4.78, 5) is 13.7. The largest absolute Gasteiger partial charge is 0.325 e. The van der Waals surface area contributed by atoms with Crippen LogP contribution in [0.5, 0.6) is 0 Å². The van der Waals surface area contributed by atoms with E-state index in [1.807, 2.05) is 74.5 Å². The van der Waals surface area contributed by atoms with Gasteiger partial charge in [0.1, 0.15) is 0 Å². The number of amides is 1. The summed E-state index contributed by atoms with van der Waals surface area (Å²) in [5.74, 6) is -0.694. The van der Waals surface area contributed by atoms with Gasteiger partial charge in [-0.2, -0.15) is 0 Å². The van der Waals surface area contributed by atoms with Gasteiger partial charge in [-0.05, 0) is 61.6 Å². The minimum Gasteiger partial charge on any atom is -0.325 e. The number of aryl methyl sites for hydroxylation is 2. The second-order valence-electron chi connectivity index (χ2n) is 10.1. The summed E-state index contributed by atoms with van der Waals surface area (Å²) in [5.41, 5.74) is 3.12. The number of rotatable bonds is 6. The highest BCUT2D eigenvalue weighted by Gasteiger charge is 2.40. The molecule has 1 unspecified atom stereocenters. The van der Waals surface area contributed by atoms with Gasteiger partial charge in [-0.3, -0.25) is 4.79 Å². The van der Waals surface area contributed by atoms with Crippen LogP contribution in [0.25, 0.3) is 0 Å². The molecule has 0 aliphatic heterocycles. The molecule has 0 aliphatic carbocycles. The summed E-state index contributed by atoms with van der Waals surface area (Å²) < 4.78 is 26.9. The van der Waals surface area contributed by atoms with Gasteiger partial charge in [-0.25, -0.2) is 8.42 Å². The number of benzene rings is 3. The first-order valence-corrected chi connectivity index (χ1v) is 12.8. The molecule has 1 N–H and O–H groups in total. The van der Waals surface area contributed by atoms with Gasteiger partial charge in [0.15, 0.2) is 9.84 Å².